The zero-order valence-electron chi connectivity index (χ0n) is 10.9. The van der Waals surface area contributed by atoms with Crippen LogP contribution in [0.3, 0.4) is 0 Å². The van der Waals surface area contributed by atoms with Crippen molar-refractivity contribution in [2.75, 3.05) is 13.2 Å². The van der Waals surface area contributed by atoms with Gasteiger partial charge in [0.15, 0.2) is 0 Å². The van der Waals surface area contributed by atoms with E-state index in [9.17, 15) is 5.11 Å². The Morgan fingerprint density at radius 3 is 2.72 bits per heavy atom. The highest BCUT2D eigenvalue weighted by Gasteiger charge is 2.12. The molecule has 0 heterocycles. The third-order valence-corrected chi connectivity index (χ3v) is 2.17. The molecule has 0 aliphatic rings. The van der Waals surface area contributed by atoms with Crippen molar-refractivity contribution in [2.24, 2.45) is 0 Å². The lowest BCUT2D eigenvalue weighted by molar-refractivity contribution is -0.0857. The lowest BCUT2D eigenvalue weighted by Crippen LogP contribution is -2.36. The number of benzene rings is 1. The molecular formula is C13H20ClNO3. The van der Waals surface area contributed by atoms with Gasteiger partial charge in [-0.25, -0.2) is 0 Å². The molecule has 0 radical (unpaired) electrons. The fourth-order valence-corrected chi connectivity index (χ4v) is 1.34. The van der Waals surface area contributed by atoms with E-state index in [0.29, 0.717) is 17.3 Å². The maximum absolute atomic E-state index is 9.68. The Bertz CT molecular complexity index is 365. The Morgan fingerprint density at radius 2 is 2.11 bits per heavy atom. The summed E-state index contributed by atoms with van der Waals surface area (Å²) in [5.41, 5.74) is 2.43. The third-order valence-electron chi connectivity index (χ3n) is 1.94. The molecule has 1 atom stereocenters. The molecule has 0 saturated carbocycles. The standard InChI is InChI=1S/C13H20ClNO3/c1-13(2,3)18-15-8-11(16)9-17-12-6-4-5-10(14)7-12/h4-7,11,15-16H,8-9H2,1-3H3. The normalized spacial score (nSPS) is 13.4. The third kappa shape index (κ3) is 6.81. The van der Waals surface area contributed by atoms with E-state index in [2.05, 4.69) is 5.48 Å². The van der Waals surface area contributed by atoms with Crippen LogP contribution in [0.1, 0.15) is 20.8 Å². The van der Waals surface area contributed by atoms with Crippen molar-refractivity contribution in [2.45, 2.75) is 32.5 Å². The lowest BCUT2D eigenvalue weighted by atomic mass is 10.2. The van der Waals surface area contributed by atoms with Crippen molar-refractivity contribution in [3.8, 4) is 5.75 Å². The highest BCUT2D eigenvalue weighted by Crippen LogP contribution is 2.17. The summed E-state index contributed by atoms with van der Waals surface area (Å²) in [4.78, 5) is 5.28. The average Bonchev–Trinajstić information content (AvgIpc) is 2.25. The smallest absolute Gasteiger partial charge is 0.120 e. The second kappa shape index (κ2) is 6.95. The van der Waals surface area contributed by atoms with Gasteiger partial charge in [0.2, 0.25) is 0 Å². The molecule has 0 saturated heterocycles. The molecule has 1 rings (SSSR count). The summed E-state index contributed by atoms with van der Waals surface area (Å²) in [5, 5.41) is 10.3. The zero-order valence-corrected chi connectivity index (χ0v) is 11.7. The Hall–Kier alpha value is -0.810. The van der Waals surface area contributed by atoms with Crippen LogP contribution in [0, 0.1) is 0 Å². The van der Waals surface area contributed by atoms with Gasteiger partial charge in [-0.1, -0.05) is 17.7 Å². The maximum Gasteiger partial charge on any atom is 0.120 e. The van der Waals surface area contributed by atoms with Crippen LogP contribution in [0.4, 0.5) is 0 Å². The first-order valence-corrected chi connectivity index (χ1v) is 6.22. The molecule has 1 aromatic carbocycles. The second-order valence-electron chi connectivity index (χ2n) is 4.99. The van der Waals surface area contributed by atoms with Crippen LogP contribution in [-0.2, 0) is 4.84 Å². The van der Waals surface area contributed by atoms with Crippen molar-refractivity contribution in [1.82, 2.24) is 5.48 Å². The summed E-state index contributed by atoms with van der Waals surface area (Å²) < 4.78 is 5.40. The van der Waals surface area contributed by atoms with E-state index in [1.807, 2.05) is 20.8 Å². The number of ether oxygens (including phenoxy) is 1. The van der Waals surface area contributed by atoms with Crippen molar-refractivity contribution in [3.63, 3.8) is 0 Å². The molecule has 0 amide bonds. The van der Waals surface area contributed by atoms with Crippen molar-refractivity contribution >= 4 is 11.6 Å². The van der Waals surface area contributed by atoms with Gasteiger partial charge in [0.25, 0.3) is 0 Å². The molecule has 18 heavy (non-hydrogen) atoms. The van der Waals surface area contributed by atoms with Gasteiger partial charge in [-0.3, -0.25) is 4.84 Å². The van der Waals surface area contributed by atoms with Crippen LogP contribution < -0.4 is 10.2 Å². The first-order chi connectivity index (χ1) is 8.37. The molecule has 0 aliphatic heterocycles. The predicted octanol–water partition coefficient (Wildman–Crippen LogP) is 2.40. The molecule has 2 N–H and O–H groups in total. The number of aliphatic hydroxyl groups is 1. The number of rotatable bonds is 6. The molecule has 0 spiro atoms. The minimum absolute atomic E-state index is 0.181. The van der Waals surface area contributed by atoms with Gasteiger partial charge in [-0.05, 0) is 39.0 Å². The van der Waals surface area contributed by atoms with Crippen LogP contribution in [-0.4, -0.2) is 30.0 Å². The lowest BCUT2D eigenvalue weighted by Gasteiger charge is -2.21. The molecule has 0 fully saturated rings. The summed E-state index contributed by atoms with van der Waals surface area (Å²) in [7, 11) is 0. The number of hydrogen-bond acceptors (Lipinski definition) is 4. The van der Waals surface area contributed by atoms with Gasteiger partial charge < -0.3 is 9.84 Å². The van der Waals surface area contributed by atoms with E-state index >= 15 is 0 Å². The van der Waals surface area contributed by atoms with E-state index in [4.69, 9.17) is 21.2 Å². The summed E-state index contributed by atoms with van der Waals surface area (Å²) in [6, 6.07) is 7.06. The molecule has 0 aliphatic carbocycles. The van der Waals surface area contributed by atoms with Gasteiger partial charge >= 0.3 is 0 Å². The van der Waals surface area contributed by atoms with E-state index < -0.39 is 6.10 Å². The van der Waals surface area contributed by atoms with Crippen LogP contribution in [0.2, 0.25) is 5.02 Å². The Kier molecular flexibility index (Phi) is 5.88. The number of nitrogens with one attached hydrogen (secondary N) is 1. The fraction of sp³-hybridized carbons (Fsp3) is 0.538. The van der Waals surface area contributed by atoms with E-state index in [0.717, 1.165) is 0 Å². The molecule has 5 heteroatoms. The van der Waals surface area contributed by atoms with Gasteiger partial charge in [0.05, 0.1) is 12.1 Å². The fourth-order valence-electron chi connectivity index (χ4n) is 1.16. The first-order valence-electron chi connectivity index (χ1n) is 5.84. The molecule has 0 aromatic heterocycles. The summed E-state index contributed by atoms with van der Waals surface area (Å²) in [5.74, 6) is 0.637. The highest BCUT2D eigenvalue weighted by molar-refractivity contribution is 6.30. The Balaban J connectivity index is 2.23. The molecule has 1 aromatic rings. The van der Waals surface area contributed by atoms with Crippen LogP contribution in [0.15, 0.2) is 24.3 Å². The Labute approximate surface area is 113 Å². The van der Waals surface area contributed by atoms with Gasteiger partial charge in [-0.2, -0.15) is 5.48 Å². The molecule has 4 nitrogen and oxygen atoms in total. The largest absolute Gasteiger partial charge is 0.491 e. The first kappa shape index (κ1) is 15.2. The number of halogens is 1. The van der Waals surface area contributed by atoms with E-state index in [1.165, 1.54) is 0 Å². The maximum atomic E-state index is 9.68. The van der Waals surface area contributed by atoms with Gasteiger partial charge in [-0.15, -0.1) is 0 Å². The SMILES string of the molecule is CC(C)(C)ONCC(O)COc1cccc(Cl)c1. The molecular weight excluding hydrogens is 254 g/mol. The molecule has 1 unspecified atom stereocenters. The van der Waals surface area contributed by atoms with Crippen molar-refractivity contribution in [1.29, 1.82) is 0 Å². The predicted molar refractivity (Wildman–Crippen MR) is 71.8 cm³/mol. The minimum atomic E-state index is -0.647. The van der Waals surface area contributed by atoms with Gasteiger partial charge in [0.1, 0.15) is 18.5 Å². The van der Waals surface area contributed by atoms with Gasteiger partial charge in [0, 0.05) is 5.02 Å². The van der Waals surface area contributed by atoms with Crippen LogP contribution in [0.5, 0.6) is 5.75 Å². The molecule has 0 bridgehead atoms. The summed E-state index contributed by atoms with van der Waals surface area (Å²) in [6.45, 7) is 6.26. The number of hydrogen-bond donors (Lipinski definition) is 2. The van der Waals surface area contributed by atoms with E-state index in [1.54, 1.807) is 24.3 Å². The van der Waals surface area contributed by atoms with Crippen molar-refractivity contribution in [3.05, 3.63) is 29.3 Å². The number of hydroxylamine groups is 1. The monoisotopic (exact) mass is 273 g/mol. The zero-order chi connectivity index (χ0) is 13.6. The topological polar surface area (TPSA) is 50.7 Å². The average molecular weight is 274 g/mol. The molecule has 102 valence electrons. The quantitative estimate of drug-likeness (QED) is 0.782. The van der Waals surface area contributed by atoms with E-state index in [-0.39, 0.29) is 12.2 Å². The summed E-state index contributed by atoms with van der Waals surface area (Å²) >= 11 is 5.82. The van der Waals surface area contributed by atoms with Crippen molar-refractivity contribution < 1.29 is 14.7 Å². The summed E-state index contributed by atoms with van der Waals surface area (Å²) in [6.07, 6.45) is -0.647. The highest BCUT2D eigenvalue weighted by atomic mass is 35.5. The second-order valence-corrected chi connectivity index (χ2v) is 5.42. The van der Waals surface area contributed by atoms with Crippen LogP contribution in [0.25, 0.3) is 0 Å². The minimum Gasteiger partial charge on any atom is -0.491 e. The van der Waals surface area contributed by atoms with Crippen LogP contribution >= 0.6 is 11.6 Å². The number of aliphatic hydroxyl groups excluding tert-OH is 1. The Morgan fingerprint density at radius 1 is 1.39 bits per heavy atom.